The molecule has 0 atom stereocenters. The zero-order valence-corrected chi connectivity index (χ0v) is 28.5. The second-order valence-electron chi connectivity index (χ2n) is 15.7. The second-order valence-corrected chi connectivity index (χ2v) is 15.7. The second kappa shape index (κ2) is 10.6. The Kier molecular flexibility index (Phi) is 6.94. The Balaban J connectivity index is 1.58. The Morgan fingerprint density at radius 3 is 0.978 bits per heavy atom. The molecule has 2 saturated heterocycles. The third-order valence-electron chi connectivity index (χ3n) is 10.5. The van der Waals surface area contributed by atoms with Gasteiger partial charge in [0.05, 0.1) is 22.1 Å². The van der Waals surface area contributed by atoms with E-state index in [4.69, 9.17) is 19.9 Å². The van der Waals surface area contributed by atoms with Crippen LogP contribution in [0.5, 0.6) is 0 Å². The van der Waals surface area contributed by atoms with Crippen LogP contribution < -0.4 is 0 Å². The van der Waals surface area contributed by atoms with E-state index in [1.54, 1.807) is 24.8 Å². The highest BCUT2D eigenvalue weighted by atomic mass is 15.2. The lowest BCUT2D eigenvalue weighted by molar-refractivity contribution is 0.0297. The van der Waals surface area contributed by atoms with Gasteiger partial charge in [0, 0.05) is 91.7 Å². The summed E-state index contributed by atoms with van der Waals surface area (Å²) in [4.78, 5) is 23.6. The number of aromatic nitrogens is 4. The number of hydrogen-bond donors (Lipinski definition) is 0. The summed E-state index contributed by atoms with van der Waals surface area (Å²) in [7, 11) is 0. The number of hydrogen-bond acceptors (Lipinski definition) is 6. The molecular formula is C40H44N6. The van der Waals surface area contributed by atoms with Crippen LogP contribution in [0.15, 0.2) is 49.1 Å². The molecule has 6 nitrogen and oxygen atoms in total. The molecule has 2 fully saturated rings. The molecule has 2 aliphatic rings. The molecular weight excluding hydrogens is 564 g/mol. The predicted molar refractivity (Wildman–Crippen MR) is 189 cm³/mol. The monoisotopic (exact) mass is 608 g/mol. The van der Waals surface area contributed by atoms with E-state index in [1.165, 1.54) is 12.8 Å². The van der Waals surface area contributed by atoms with E-state index in [1.807, 2.05) is 0 Å². The fourth-order valence-electron chi connectivity index (χ4n) is 8.23. The van der Waals surface area contributed by atoms with E-state index < -0.39 is 0 Å². The molecule has 0 radical (unpaired) electrons. The summed E-state index contributed by atoms with van der Waals surface area (Å²) in [5.74, 6) is 7.44. The van der Waals surface area contributed by atoms with Crippen LogP contribution in [0.1, 0.15) is 105 Å². The highest BCUT2D eigenvalue weighted by Crippen LogP contribution is 2.40. The van der Waals surface area contributed by atoms with Crippen molar-refractivity contribution in [3.05, 3.63) is 60.2 Å². The number of nitrogens with zero attached hydrogens (tertiary/aromatic N) is 6. The zero-order valence-electron chi connectivity index (χ0n) is 28.5. The van der Waals surface area contributed by atoms with Crippen LogP contribution >= 0.6 is 0 Å². The minimum Gasteiger partial charge on any atom is -0.321 e. The minimum atomic E-state index is -0.0316. The average Bonchev–Trinajstić information content (AvgIpc) is 2.98. The van der Waals surface area contributed by atoms with Crippen molar-refractivity contribution in [2.45, 2.75) is 116 Å². The summed E-state index contributed by atoms with van der Waals surface area (Å²) in [6, 6.07) is 16.0. The summed E-state index contributed by atoms with van der Waals surface area (Å²) in [6.45, 7) is 18.5. The number of likely N-dealkylation sites (tertiary alicyclic amines) is 2. The third kappa shape index (κ3) is 5.09. The van der Waals surface area contributed by atoms with Crippen LogP contribution in [0.2, 0.25) is 0 Å². The van der Waals surface area contributed by atoms with Crippen molar-refractivity contribution in [2.75, 3.05) is 0 Å². The van der Waals surface area contributed by atoms with Gasteiger partial charge >= 0.3 is 0 Å². The average molecular weight is 609 g/mol. The molecule has 0 N–H and O–H groups in total. The molecule has 0 aliphatic carbocycles. The van der Waals surface area contributed by atoms with E-state index in [9.17, 15) is 0 Å². The summed E-state index contributed by atoms with van der Waals surface area (Å²) >= 11 is 0. The maximum absolute atomic E-state index is 4.70. The number of rotatable bonds is 0. The van der Waals surface area contributed by atoms with Crippen molar-refractivity contribution in [2.24, 2.45) is 0 Å². The van der Waals surface area contributed by atoms with Crippen LogP contribution in [-0.2, 0) is 0 Å². The Morgan fingerprint density at radius 1 is 0.457 bits per heavy atom. The summed E-state index contributed by atoms with van der Waals surface area (Å²) in [5.41, 5.74) is 5.17. The van der Waals surface area contributed by atoms with Crippen molar-refractivity contribution in [3.63, 3.8) is 0 Å². The highest BCUT2D eigenvalue weighted by Gasteiger charge is 2.41. The Hall–Kier alpha value is -4.42. The smallest absolute Gasteiger partial charge is 0.0893 e. The van der Waals surface area contributed by atoms with Gasteiger partial charge in [-0.1, -0.05) is 0 Å². The Labute approximate surface area is 273 Å². The standard InChI is InChI=1S/C40H44N6/c1-37(2)13-9-14-38(3,4)45(37)21-11-27-29-23-33-35(43-19-17-41-33)25-31(29)28(12-22-46-39(5,6)15-10-16-40(46,7)8)32-26-36-34(24-30(27)32)42-18-20-44-36/h17-20,23-26H,9-10,13-16H2,1-8H3. The first kappa shape index (κ1) is 30.2. The summed E-state index contributed by atoms with van der Waals surface area (Å²) in [5, 5.41) is 4.13. The third-order valence-corrected chi connectivity index (χ3v) is 10.5. The van der Waals surface area contributed by atoms with Crippen LogP contribution in [-0.4, -0.2) is 51.9 Å². The van der Waals surface area contributed by atoms with Crippen LogP contribution in [0.3, 0.4) is 0 Å². The van der Waals surface area contributed by atoms with Crippen molar-refractivity contribution in [1.82, 2.24) is 29.7 Å². The first-order valence-electron chi connectivity index (χ1n) is 16.7. The van der Waals surface area contributed by atoms with Gasteiger partial charge in [-0.05, 0) is 130 Å². The Bertz CT molecular complexity index is 1870. The molecule has 4 heterocycles. The van der Waals surface area contributed by atoms with E-state index in [-0.39, 0.29) is 22.2 Å². The van der Waals surface area contributed by atoms with Crippen molar-refractivity contribution >= 4 is 43.6 Å². The van der Waals surface area contributed by atoms with Crippen molar-refractivity contribution < 1.29 is 0 Å². The van der Waals surface area contributed by atoms with Crippen LogP contribution in [0.25, 0.3) is 43.6 Å². The molecule has 0 bridgehead atoms. The lowest BCUT2D eigenvalue weighted by atomic mass is 9.80. The van der Waals surface area contributed by atoms with Gasteiger partial charge in [-0.2, -0.15) is 0 Å². The Morgan fingerprint density at radius 2 is 0.717 bits per heavy atom. The first-order chi connectivity index (χ1) is 21.8. The molecule has 0 amide bonds. The molecule has 6 heteroatoms. The summed E-state index contributed by atoms with van der Waals surface area (Å²) in [6.07, 6.45) is 13.9. The van der Waals surface area contributed by atoms with Crippen LogP contribution in [0, 0.1) is 23.9 Å². The SMILES string of the molecule is CC1(C)CCCC(C)(C)N1C#Cc1c2cc3nccnc3cc2c(C#CN2C(C)(C)CCCC2(C)C)c2cc3nccnc3cc12. The van der Waals surface area contributed by atoms with Gasteiger partial charge in [0.15, 0.2) is 0 Å². The molecule has 0 spiro atoms. The van der Waals surface area contributed by atoms with Crippen molar-refractivity contribution in [1.29, 1.82) is 0 Å². The molecule has 0 saturated carbocycles. The van der Waals surface area contributed by atoms with Gasteiger partial charge in [0.2, 0.25) is 0 Å². The normalized spacial score (nSPS) is 19.9. The van der Waals surface area contributed by atoms with Gasteiger partial charge in [-0.3, -0.25) is 19.9 Å². The number of benzene rings is 3. The summed E-state index contributed by atoms with van der Waals surface area (Å²) < 4.78 is 0. The molecule has 3 aromatic carbocycles. The zero-order chi connectivity index (χ0) is 32.5. The molecule has 234 valence electrons. The molecule has 7 rings (SSSR count). The molecule has 0 unspecified atom stereocenters. The highest BCUT2D eigenvalue weighted by molar-refractivity contribution is 6.14. The van der Waals surface area contributed by atoms with Gasteiger partial charge in [-0.15, -0.1) is 0 Å². The van der Waals surface area contributed by atoms with Gasteiger partial charge in [0.25, 0.3) is 0 Å². The molecule has 2 aliphatic heterocycles. The lowest BCUT2D eigenvalue weighted by Gasteiger charge is -2.51. The lowest BCUT2D eigenvalue weighted by Crippen LogP contribution is -2.55. The van der Waals surface area contributed by atoms with Gasteiger partial charge in [0.1, 0.15) is 0 Å². The van der Waals surface area contributed by atoms with Gasteiger partial charge < -0.3 is 9.80 Å². The molecule has 46 heavy (non-hydrogen) atoms. The van der Waals surface area contributed by atoms with E-state index in [2.05, 4.69) is 113 Å². The molecule has 5 aromatic rings. The topological polar surface area (TPSA) is 58.0 Å². The minimum absolute atomic E-state index is 0.0316. The number of piperidine rings is 2. The van der Waals surface area contributed by atoms with Crippen LogP contribution in [0.4, 0.5) is 0 Å². The van der Waals surface area contributed by atoms with Gasteiger partial charge in [-0.25, -0.2) is 0 Å². The maximum Gasteiger partial charge on any atom is 0.0893 e. The fourth-order valence-corrected chi connectivity index (χ4v) is 8.23. The first-order valence-corrected chi connectivity index (χ1v) is 16.7. The predicted octanol–water partition coefficient (Wildman–Crippen LogP) is 8.58. The maximum atomic E-state index is 4.70. The fraction of sp³-hybridized carbons (Fsp3) is 0.450. The quantitative estimate of drug-likeness (QED) is 0.130. The number of fused-ring (bicyclic) bond motifs is 4. The van der Waals surface area contributed by atoms with E-state index >= 15 is 0 Å². The van der Waals surface area contributed by atoms with E-state index in [0.717, 1.165) is 80.4 Å². The van der Waals surface area contributed by atoms with E-state index in [0.29, 0.717) is 0 Å². The largest absolute Gasteiger partial charge is 0.321 e. The van der Waals surface area contributed by atoms with Crippen molar-refractivity contribution in [3.8, 4) is 23.9 Å². The molecule has 2 aromatic heterocycles.